The van der Waals surface area contributed by atoms with Crippen molar-refractivity contribution in [2.75, 3.05) is 0 Å². The molecule has 0 atom stereocenters. The van der Waals surface area contributed by atoms with Gasteiger partial charge >= 0.3 is 66.8 Å². The topological polar surface area (TPSA) is 0 Å². The van der Waals surface area contributed by atoms with Crippen LogP contribution in [-0.4, -0.2) is 66.8 Å². The van der Waals surface area contributed by atoms with Gasteiger partial charge in [0.1, 0.15) is 0 Å². The first-order valence-corrected chi connectivity index (χ1v) is 0. The molecule has 0 fully saturated rings. The summed E-state index contributed by atoms with van der Waals surface area (Å²) in [5.74, 6) is 0. The van der Waals surface area contributed by atoms with Crippen molar-refractivity contribution < 1.29 is 44.4 Å². The van der Waals surface area contributed by atoms with Gasteiger partial charge in [-0.1, -0.05) is 0 Å². The van der Waals surface area contributed by atoms with Crippen molar-refractivity contribution in [1.29, 1.82) is 0 Å². The Morgan fingerprint density at radius 1 is 1.00 bits per heavy atom. The van der Waals surface area contributed by atoms with Crippen LogP contribution in [0, 0.1) is 0 Å². The van der Waals surface area contributed by atoms with E-state index >= 15 is 0 Å². The van der Waals surface area contributed by atoms with Crippen molar-refractivity contribution >= 4 is 66.8 Å². The second kappa shape index (κ2) is 25.5. The summed E-state index contributed by atoms with van der Waals surface area (Å²) in [7, 11) is 0. The minimum atomic E-state index is 0. The van der Waals surface area contributed by atoms with Crippen molar-refractivity contribution in [3.8, 4) is 0 Å². The van der Waals surface area contributed by atoms with Gasteiger partial charge in [0.15, 0.2) is 0 Å². The van der Waals surface area contributed by atoms with E-state index in [0.717, 1.165) is 0 Å². The van der Waals surface area contributed by atoms with Gasteiger partial charge in [-0.2, -0.15) is 0 Å². The van der Waals surface area contributed by atoms with E-state index in [0.29, 0.717) is 0 Å². The summed E-state index contributed by atoms with van der Waals surface area (Å²) < 4.78 is 0. The molecule has 0 saturated carbocycles. The normalized spacial score (nSPS) is 0. The number of hydrogen-bond acceptors (Lipinski definition) is 0. The molecule has 33 valence electrons. The summed E-state index contributed by atoms with van der Waals surface area (Å²) in [6, 6.07) is 0. The van der Waals surface area contributed by atoms with Gasteiger partial charge in [-0.05, 0) is 0 Å². The summed E-state index contributed by atoms with van der Waals surface area (Å²) in [4.78, 5) is 0. The third-order valence-electron chi connectivity index (χ3n) is 0. The Morgan fingerprint density at radius 2 is 1.00 bits per heavy atom. The molecule has 0 aliphatic heterocycles. The molecular weight excluding hydrogens is 488 g/mol. The fourth-order valence-electron chi connectivity index (χ4n) is 0. The van der Waals surface area contributed by atoms with Gasteiger partial charge in [-0.25, -0.2) is 0 Å². The van der Waals surface area contributed by atoms with Crippen molar-refractivity contribution in [3.63, 3.8) is 0 Å². The Kier molecular flexibility index (Phi) is 194. The molecule has 0 rings (SSSR count). The molecule has 0 saturated heterocycles. The van der Waals surface area contributed by atoms with E-state index in [4.69, 9.17) is 0 Å². The van der Waals surface area contributed by atoms with E-state index in [-0.39, 0.29) is 111 Å². The first-order chi connectivity index (χ1) is 0. The Hall–Kier alpha value is 3.63. The van der Waals surface area contributed by atoms with Crippen LogP contribution in [0.15, 0.2) is 0 Å². The third-order valence-corrected chi connectivity index (χ3v) is 0. The van der Waals surface area contributed by atoms with Crippen LogP contribution in [-0.2, 0) is 44.4 Å². The van der Waals surface area contributed by atoms with E-state index in [1.807, 2.05) is 0 Å². The van der Waals surface area contributed by atoms with Crippen molar-refractivity contribution in [1.82, 2.24) is 0 Å². The SMILES string of the molecule is [Cd].[Cu].[InH3].[SeH2].[SnH2]. The van der Waals surface area contributed by atoms with Crippen LogP contribution in [0.25, 0.3) is 0 Å². The maximum atomic E-state index is 0. The monoisotopic (exact) mass is 499 g/mol. The van der Waals surface area contributed by atoms with Crippen LogP contribution in [0.2, 0.25) is 0 Å². The van der Waals surface area contributed by atoms with Crippen LogP contribution in [0.1, 0.15) is 0 Å². The first kappa shape index (κ1) is 38.1. The molecule has 0 N–H and O–H groups in total. The first-order valence-electron chi connectivity index (χ1n) is 0. The van der Waals surface area contributed by atoms with Gasteiger partial charge < -0.3 is 0 Å². The molecule has 0 heterocycles. The van der Waals surface area contributed by atoms with Gasteiger partial charge in [0.05, 0.1) is 0 Å². The van der Waals surface area contributed by atoms with Crippen LogP contribution in [0.4, 0.5) is 0 Å². The van der Waals surface area contributed by atoms with Crippen LogP contribution in [0.5, 0.6) is 0 Å². The Labute approximate surface area is 109 Å². The van der Waals surface area contributed by atoms with Crippen LogP contribution >= 0.6 is 0 Å². The zero-order chi connectivity index (χ0) is 0. The van der Waals surface area contributed by atoms with Gasteiger partial charge in [-0.3, -0.25) is 0 Å². The van der Waals surface area contributed by atoms with Crippen LogP contribution < -0.4 is 0 Å². The van der Waals surface area contributed by atoms with Gasteiger partial charge in [0.2, 0.25) is 0 Å². The summed E-state index contributed by atoms with van der Waals surface area (Å²) in [6.45, 7) is 0. The fraction of sp³-hybridized carbons (Fsp3) is 0. The van der Waals surface area contributed by atoms with Gasteiger partial charge in [-0.15, -0.1) is 0 Å². The molecule has 5 heavy (non-hydrogen) atoms. The molecule has 0 unspecified atom stereocenters. The van der Waals surface area contributed by atoms with Crippen molar-refractivity contribution in [2.45, 2.75) is 0 Å². The van der Waals surface area contributed by atoms with Crippen molar-refractivity contribution in [2.24, 2.45) is 0 Å². The quantitative estimate of drug-likeness (QED) is 0.314. The van der Waals surface area contributed by atoms with Crippen LogP contribution in [0.3, 0.4) is 0 Å². The van der Waals surface area contributed by atoms with Crippen molar-refractivity contribution in [3.05, 3.63) is 0 Å². The summed E-state index contributed by atoms with van der Waals surface area (Å²) >= 11 is 0. The molecule has 0 aromatic heterocycles. The molecule has 0 aliphatic rings. The molecule has 0 amide bonds. The second-order valence-electron chi connectivity index (χ2n) is 0. The molecule has 3 radical (unpaired) electrons. The number of hydrogen-bond donors (Lipinski definition) is 0. The van der Waals surface area contributed by atoms with E-state index in [1.165, 1.54) is 0 Å². The van der Waals surface area contributed by atoms with Gasteiger partial charge in [0, 0.05) is 44.4 Å². The predicted octanol–water partition coefficient (Wildman–Crippen LogP) is -3.02. The molecule has 0 nitrogen and oxygen atoms in total. The fourth-order valence-corrected chi connectivity index (χ4v) is 0. The van der Waals surface area contributed by atoms with E-state index in [9.17, 15) is 0 Å². The number of rotatable bonds is 0. The third kappa shape index (κ3) is 18.4. The average molecular weight is 496 g/mol. The van der Waals surface area contributed by atoms with E-state index < -0.39 is 0 Å². The zero-order valence-corrected chi connectivity index (χ0v) is 13.3. The molecular formula is H7CdCuInSeSn. The molecule has 0 spiro atoms. The average Bonchev–Trinajstić information content (AvgIpc) is 0. The van der Waals surface area contributed by atoms with Gasteiger partial charge in [0.25, 0.3) is 0 Å². The Bertz CT molecular complexity index is 11.6. The molecule has 0 aliphatic carbocycles. The molecule has 0 aromatic carbocycles. The second-order valence-corrected chi connectivity index (χ2v) is 0. The molecule has 0 aromatic rings. The molecule has 5 heteroatoms. The standard InChI is InChI=1S/Cd.Cu.In.H2Se.Sn.5H/h;;;1H2;;;;;;. The summed E-state index contributed by atoms with van der Waals surface area (Å²) in [6.07, 6.45) is 0. The molecule has 0 bridgehead atoms. The van der Waals surface area contributed by atoms with E-state index in [1.54, 1.807) is 0 Å². The summed E-state index contributed by atoms with van der Waals surface area (Å²) in [5.41, 5.74) is 0. The Balaban J connectivity index is 0. The minimum absolute atomic E-state index is 0. The summed E-state index contributed by atoms with van der Waals surface area (Å²) in [5, 5.41) is 0. The maximum absolute atomic E-state index is 0. The van der Waals surface area contributed by atoms with E-state index in [2.05, 4.69) is 0 Å². The predicted molar refractivity (Wildman–Crippen MR) is 27.0 cm³/mol. The zero-order valence-electron chi connectivity index (χ0n) is 2.22. The Morgan fingerprint density at radius 3 is 1.00 bits per heavy atom.